The normalized spacial score (nSPS) is 10.5. The second kappa shape index (κ2) is 5.72. The van der Waals surface area contributed by atoms with Gasteiger partial charge in [-0.05, 0) is 17.3 Å². The highest BCUT2D eigenvalue weighted by Crippen LogP contribution is 2.21. The fourth-order valence-corrected chi connectivity index (χ4v) is 2.03. The fraction of sp³-hybridized carbons (Fsp3) is 0.133. The molecule has 3 rings (SSSR count). The third kappa shape index (κ3) is 2.69. The van der Waals surface area contributed by atoms with E-state index in [2.05, 4.69) is 15.5 Å². The zero-order valence-corrected chi connectivity index (χ0v) is 12.1. The van der Waals surface area contributed by atoms with E-state index in [0.29, 0.717) is 5.69 Å². The molecule has 7 nitrogen and oxygen atoms in total. The number of ether oxygens (including phenoxy) is 1. The summed E-state index contributed by atoms with van der Waals surface area (Å²) in [5.41, 5.74) is 1.54. The molecule has 0 unspecified atom stereocenters. The first-order valence-corrected chi connectivity index (χ1v) is 6.57. The Morgan fingerprint density at radius 1 is 1.36 bits per heavy atom. The van der Waals surface area contributed by atoms with E-state index in [4.69, 9.17) is 9.26 Å². The second-order valence-corrected chi connectivity index (χ2v) is 4.63. The van der Waals surface area contributed by atoms with Crippen LogP contribution in [0.5, 0.6) is 5.88 Å². The summed E-state index contributed by atoms with van der Waals surface area (Å²) in [6.07, 6.45) is 3.59. The van der Waals surface area contributed by atoms with Crippen LogP contribution in [0.15, 0.2) is 47.2 Å². The number of anilines is 1. The van der Waals surface area contributed by atoms with Gasteiger partial charge in [0.15, 0.2) is 0 Å². The number of imidazole rings is 1. The standard InChI is InChI=1S/C15H14N4O3/c1-19-7-6-16-14(19)10-4-3-5-11(8-10)17-15(20)12-9-13(21-2)18-22-12/h3-9H,1-2H3,(H,17,20). The summed E-state index contributed by atoms with van der Waals surface area (Å²) in [5, 5.41) is 6.35. The Morgan fingerprint density at radius 3 is 2.91 bits per heavy atom. The molecular formula is C15H14N4O3. The molecule has 0 atom stereocenters. The van der Waals surface area contributed by atoms with Crippen molar-refractivity contribution in [3.63, 3.8) is 0 Å². The first-order valence-electron chi connectivity index (χ1n) is 6.57. The molecule has 0 aliphatic heterocycles. The molecule has 1 N–H and O–H groups in total. The van der Waals surface area contributed by atoms with Gasteiger partial charge in [0.1, 0.15) is 5.82 Å². The lowest BCUT2D eigenvalue weighted by atomic mass is 10.2. The van der Waals surface area contributed by atoms with E-state index in [9.17, 15) is 4.79 Å². The number of amides is 1. The number of nitrogens with zero attached hydrogens (tertiary/aromatic N) is 3. The van der Waals surface area contributed by atoms with Crippen molar-refractivity contribution in [2.75, 3.05) is 12.4 Å². The molecule has 0 aliphatic rings. The van der Waals surface area contributed by atoms with Crippen LogP contribution in [0, 0.1) is 0 Å². The number of methoxy groups -OCH3 is 1. The average molecular weight is 298 g/mol. The number of hydrogen-bond acceptors (Lipinski definition) is 5. The van der Waals surface area contributed by atoms with Gasteiger partial charge in [0.05, 0.1) is 13.2 Å². The minimum Gasteiger partial charge on any atom is -0.479 e. The highest BCUT2D eigenvalue weighted by atomic mass is 16.5. The van der Waals surface area contributed by atoms with Crippen LogP contribution >= 0.6 is 0 Å². The molecule has 0 fully saturated rings. The lowest BCUT2D eigenvalue weighted by Crippen LogP contribution is -2.10. The minimum absolute atomic E-state index is 0.0826. The fourth-order valence-electron chi connectivity index (χ4n) is 2.03. The maximum atomic E-state index is 12.1. The maximum Gasteiger partial charge on any atom is 0.294 e. The van der Waals surface area contributed by atoms with Gasteiger partial charge in [-0.2, -0.15) is 0 Å². The topological polar surface area (TPSA) is 82.2 Å². The Balaban J connectivity index is 1.81. The quantitative estimate of drug-likeness (QED) is 0.799. The summed E-state index contributed by atoms with van der Waals surface area (Å²) >= 11 is 0. The predicted molar refractivity (Wildman–Crippen MR) is 79.7 cm³/mol. The van der Waals surface area contributed by atoms with Gasteiger partial charge in [-0.3, -0.25) is 4.79 Å². The first kappa shape index (κ1) is 13.9. The molecule has 7 heteroatoms. The van der Waals surface area contributed by atoms with Crippen LogP contribution in [0.4, 0.5) is 5.69 Å². The van der Waals surface area contributed by atoms with Gasteiger partial charge in [0.2, 0.25) is 5.76 Å². The van der Waals surface area contributed by atoms with E-state index in [1.54, 1.807) is 12.3 Å². The van der Waals surface area contributed by atoms with Crippen molar-refractivity contribution in [1.82, 2.24) is 14.7 Å². The molecule has 1 aromatic carbocycles. The SMILES string of the molecule is COc1cc(C(=O)Nc2cccc(-c3nccn3C)c2)on1. The number of carbonyl (C=O) groups excluding carboxylic acids is 1. The summed E-state index contributed by atoms with van der Waals surface area (Å²) in [6.45, 7) is 0. The average Bonchev–Trinajstić information content (AvgIpc) is 3.16. The zero-order valence-electron chi connectivity index (χ0n) is 12.1. The molecule has 22 heavy (non-hydrogen) atoms. The number of benzene rings is 1. The van der Waals surface area contributed by atoms with E-state index >= 15 is 0 Å². The van der Waals surface area contributed by atoms with Gasteiger partial charge in [-0.1, -0.05) is 12.1 Å². The molecule has 112 valence electrons. The summed E-state index contributed by atoms with van der Waals surface area (Å²) in [4.78, 5) is 16.4. The van der Waals surface area contributed by atoms with E-state index < -0.39 is 5.91 Å². The molecule has 3 aromatic rings. The number of aryl methyl sites for hydroxylation is 1. The minimum atomic E-state index is -0.396. The third-order valence-electron chi connectivity index (χ3n) is 3.12. The highest BCUT2D eigenvalue weighted by Gasteiger charge is 2.14. The van der Waals surface area contributed by atoms with Crippen LogP contribution < -0.4 is 10.1 Å². The monoisotopic (exact) mass is 298 g/mol. The number of nitrogens with one attached hydrogen (secondary N) is 1. The van der Waals surface area contributed by atoms with Crippen molar-refractivity contribution in [1.29, 1.82) is 0 Å². The van der Waals surface area contributed by atoms with E-state index in [0.717, 1.165) is 11.4 Å². The zero-order chi connectivity index (χ0) is 15.5. The number of aromatic nitrogens is 3. The summed E-state index contributed by atoms with van der Waals surface area (Å²) < 4.78 is 11.7. The molecular weight excluding hydrogens is 284 g/mol. The highest BCUT2D eigenvalue weighted by molar-refractivity contribution is 6.02. The van der Waals surface area contributed by atoms with Gasteiger partial charge in [-0.25, -0.2) is 4.98 Å². The van der Waals surface area contributed by atoms with Crippen molar-refractivity contribution >= 4 is 11.6 Å². The molecule has 0 saturated carbocycles. The van der Waals surface area contributed by atoms with Crippen molar-refractivity contribution in [3.8, 4) is 17.3 Å². The Hall–Kier alpha value is -3.09. The van der Waals surface area contributed by atoms with E-state index in [1.165, 1.54) is 13.2 Å². The summed E-state index contributed by atoms with van der Waals surface area (Å²) in [6, 6.07) is 8.83. The molecule has 0 saturated heterocycles. The molecule has 2 heterocycles. The predicted octanol–water partition coefficient (Wildman–Crippen LogP) is 2.34. The largest absolute Gasteiger partial charge is 0.479 e. The van der Waals surface area contributed by atoms with Crippen molar-refractivity contribution in [2.24, 2.45) is 7.05 Å². The molecule has 1 amide bonds. The van der Waals surface area contributed by atoms with Gasteiger partial charge < -0.3 is 19.1 Å². The summed E-state index contributed by atoms with van der Waals surface area (Å²) in [7, 11) is 3.37. The molecule has 0 bridgehead atoms. The van der Waals surface area contributed by atoms with Crippen LogP contribution in [0.3, 0.4) is 0 Å². The van der Waals surface area contributed by atoms with Crippen LogP contribution in [0.25, 0.3) is 11.4 Å². The van der Waals surface area contributed by atoms with Gasteiger partial charge in [0.25, 0.3) is 11.8 Å². The molecule has 0 radical (unpaired) electrons. The smallest absolute Gasteiger partial charge is 0.294 e. The Kier molecular flexibility index (Phi) is 3.61. The Labute approximate surface area is 126 Å². The molecule has 2 aromatic heterocycles. The van der Waals surface area contributed by atoms with Crippen LogP contribution in [0.1, 0.15) is 10.6 Å². The van der Waals surface area contributed by atoms with Crippen LogP contribution in [-0.4, -0.2) is 27.7 Å². The van der Waals surface area contributed by atoms with Crippen molar-refractivity contribution in [2.45, 2.75) is 0 Å². The Morgan fingerprint density at radius 2 is 2.23 bits per heavy atom. The van der Waals surface area contributed by atoms with Crippen LogP contribution in [-0.2, 0) is 7.05 Å². The molecule has 0 aliphatic carbocycles. The van der Waals surface area contributed by atoms with Crippen LogP contribution in [0.2, 0.25) is 0 Å². The second-order valence-electron chi connectivity index (χ2n) is 4.63. The third-order valence-corrected chi connectivity index (χ3v) is 3.12. The van der Waals surface area contributed by atoms with E-state index in [1.807, 2.05) is 36.0 Å². The number of hydrogen-bond donors (Lipinski definition) is 1. The van der Waals surface area contributed by atoms with Crippen molar-refractivity contribution in [3.05, 3.63) is 48.5 Å². The van der Waals surface area contributed by atoms with Gasteiger partial charge in [-0.15, -0.1) is 0 Å². The number of carbonyl (C=O) groups is 1. The lowest BCUT2D eigenvalue weighted by molar-refractivity contribution is 0.0987. The van der Waals surface area contributed by atoms with E-state index in [-0.39, 0.29) is 11.6 Å². The van der Waals surface area contributed by atoms with Gasteiger partial charge >= 0.3 is 0 Å². The number of rotatable bonds is 4. The summed E-state index contributed by atoms with van der Waals surface area (Å²) in [5.74, 6) is 0.761. The van der Waals surface area contributed by atoms with Crippen molar-refractivity contribution < 1.29 is 14.1 Å². The van der Waals surface area contributed by atoms with Gasteiger partial charge in [0, 0.05) is 30.7 Å². The molecule has 0 spiro atoms. The maximum absolute atomic E-state index is 12.1. The Bertz CT molecular complexity index is 806. The lowest BCUT2D eigenvalue weighted by Gasteiger charge is -2.06. The first-order chi connectivity index (χ1) is 10.7.